The van der Waals surface area contributed by atoms with Gasteiger partial charge in [-0.05, 0) is 48.0 Å². The Bertz CT molecular complexity index is 240. The fourth-order valence-electron chi connectivity index (χ4n) is 2.74. The summed E-state index contributed by atoms with van der Waals surface area (Å²) < 4.78 is 0. The van der Waals surface area contributed by atoms with Gasteiger partial charge in [0.1, 0.15) is 0 Å². The highest BCUT2D eigenvalue weighted by Gasteiger charge is 2.36. The fraction of sp³-hybridized carbons (Fsp3) is 1.00. The average molecular weight is 242 g/mol. The van der Waals surface area contributed by atoms with Crippen molar-refractivity contribution in [2.45, 2.75) is 65.1 Å². The molecule has 0 saturated carbocycles. The number of rotatable bonds is 2. The molecule has 0 spiro atoms. The van der Waals surface area contributed by atoms with E-state index in [0.717, 1.165) is 26.1 Å². The molecule has 3 nitrogen and oxygen atoms in total. The maximum Gasteiger partial charge on any atom is 0.0446 e. The summed E-state index contributed by atoms with van der Waals surface area (Å²) >= 11 is 0. The normalized spacial score (nSPS) is 25.2. The van der Waals surface area contributed by atoms with Gasteiger partial charge in [-0.2, -0.15) is 0 Å². The van der Waals surface area contributed by atoms with Gasteiger partial charge < -0.3 is 5.11 Å². The molecule has 1 N–H and O–H groups in total. The Morgan fingerprint density at radius 2 is 1.59 bits per heavy atom. The van der Waals surface area contributed by atoms with Gasteiger partial charge >= 0.3 is 0 Å². The molecule has 0 aromatic rings. The molecule has 1 aliphatic rings. The molecule has 1 fully saturated rings. The number of hydrogen-bond donors (Lipinski definition) is 1. The molecule has 1 heterocycles. The summed E-state index contributed by atoms with van der Waals surface area (Å²) in [4.78, 5) is 5.08. The SMILES string of the molecule is CC(C)(C)N1CCN(C(C)(C)C)C(CCO)C1. The Labute approximate surface area is 107 Å². The lowest BCUT2D eigenvalue weighted by Gasteiger charge is -2.51. The Hall–Kier alpha value is -0.120. The van der Waals surface area contributed by atoms with Gasteiger partial charge in [-0.25, -0.2) is 0 Å². The molecule has 0 aromatic carbocycles. The van der Waals surface area contributed by atoms with Gasteiger partial charge in [0.15, 0.2) is 0 Å². The van der Waals surface area contributed by atoms with Gasteiger partial charge in [0, 0.05) is 43.4 Å². The molecule has 3 heteroatoms. The third kappa shape index (κ3) is 3.94. The fourth-order valence-corrected chi connectivity index (χ4v) is 2.74. The van der Waals surface area contributed by atoms with E-state index in [2.05, 4.69) is 51.3 Å². The van der Waals surface area contributed by atoms with E-state index in [1.165, 1.54) is 0 Å². The Morgan fingerprint density at radius 1 is 1.00 bits per heavy atom. The minimum Gasteiger partial charge on any atom is -0.396 e. The van der Waals surface area contributed by atoms with Crippen molar-refractivity contribution in [2.24, 2.45) is 0 Å². The number of aliphatic hydroxyl groups excluding tert-OH is 1. The summed E-state index contributed by atoms with van der Waals surface area (Å²) in [6.45, 7) is 17.2. The van der Waals surface area contributed by atoms with Crippen molar-refractivity contribution >= 4 is 0 Å². The van der Waals surface area contributed by atoms with Crippen LogP contribution in [-0.2, 0) is 0 Å². The smallest absolute Gasteiger partial charge is 0.0446 e. The van der Waals surface area contributed by atoms with Crippen molar-refractivity contribution < 1.29 is 5.11 Å². The zero-order valence-electron chi connectivity index (χ0n) is 12.5. The lowest BCUT2D eigenvalue weighted by atomic mass is 9.95. The predicted molar refractivity (Wildman–Crippen MR) is 73.3 cm³/mol. The molecule has 1 atom stereocenters. The van der Waals surface area contributed by atoms with Gasteiger partial charge in [0.05, 0.1) is 0 Å². The van der Waals surface area contributed by atoms with Crippen LogP contribution < -0.4 is 0 Å². The molecular formula is C14H30N2O. The summed E-state index contributed by atoms with van der Waals surface area (Å²) in [6.07, 6.45) is 0.879. The molecule has 0 bridgehead atoms. The third-order valence-corrected chi connectivity index (χ3v) is 3.76. The monoisotopic (exact) mass is 242 g/mol. The van der Waals surface area contributed by atoms with Crippen LogP contribution in [0.5, 0.6) is 0 Å². The molecule has 1 rings (SSSR count). The number of hydrogen-bond acceptors (Lipinski definition) is 3. The first-order valence-electron chi connectivity index (χ1n) is 6.79. The van der Waals surface area contributed by atoms with Crippen LogP contribution in [0.3, 0.4) is 0 Å². The lowest BCUT2D eigenvalue weighted by Crippen LogP contribution is -2.62. The largest absolute Gasteiger partial charge is 0.396 e. The molecule has 0 amide bonds. The number of nitrogens with zero attached hydrogens (tertiary/aromatic N) is 2. The van der Waals surface area contributed by atoms with Crippen LogP contribution in [0, 0.1) is 0 Å². The highest BCUT2D eigenvalue weighted by Crippen LogP contribution is 2.26. The lowest BCUT2D eigenvalue weighted by molar-refractivity contribution is -0.0292. The predicted octanol–water partition coefficient (Wildman–Crippen LogP) is 1.95. The highest BCUT2D eigenvalue weighted by molar-refractivity contribution is 4.92. The van der Waals surface area contributed by atoms with Gasteiger partial charge in [-0.1, -0.05) is 0 Å². The second kappa shape index (κ2) is 5.25. The summed E-state index contributed by atoms with van der Waals surface area (Å²) in [5.41, 5.74) is 0.432. The molecule has 17 heavy (non-hydrogen) atoms. The highest BCUT2D eigenvalue weighted by atomic mass is 16.3. The van der Waals surface area contributed by atoms with E-state index in [4.69, 9.17) is 0 Å². The first kappa shape index (κ1) is 14.9. The topological polar surface area (TPSA) is 26.7 Å². The van der Waals surface area contributed by atoms with Crippen LogP contribution in [0.1, 0.15) is 48.0 Å². The second-order valence-corrected chi connectivity index (χ2v) is 7.15. The van der Waals surface area contributed by atoms with Gasteiger partial charge in [-0.15, -0.1) is 0 Å². The maximum atomic E-state index is 9.25. The molecule has 1 aliphatic heterocycles. The first-order chi connectivity index (χ1) is 7.66. The summed E-state index contributed by atoms with van der Waals surface area (Å²) in [5, 5.41) is 9.25. The zero-order valence-corrected chi connectivity index (χ0v) is 12.5. The number of aliphatic hydroxyl groups is 1. The average Bonchev–Trinajstić information content (AvgIpc) is 2.15. The Balaban J connectivity index is 2.74. The van der Waals surface area contributed by atoms with E-state index in [1.807, 2.05) is 0 Å². The molecular weight excluding hydrogens is 212 g/mol. The first-order valence-corrected chi connectivity index (χ1v) is 6.79. The minimum atomic E-state index is 0.198. The van der Waals surface area contributed by atoms with Crippen molar-refractivity contribution in [3.63, 3.8) is 0 Å². The van der Waals surface area contributed by atoms with Crippen molar-refractivity contribution in [3.05, 3.63) is 0 Å². The van der Waals surface area contributed by atoms with Gasteiger partial charge in [-0.3, -0.25) is 9.80 Å². The Kier molecular flexibility index (Phi) is 4.61. The van der Waals surface area contributed by atoms with Crippen LogP contribution in [0.15, 0.2) is 0 Å². The molecule has 102 valence electrons. The summed E-state index contributed by atoms with van der Waals surface area (Å²) in [7, 11) is 0. The van der Waals surface area contributed by atoms with Crippen molar-refractivity contribution in [1.82, 2.24) is 9.80 Å². The third-order valence-electron chi connectivity index (χ3n) is 3.76. The van der Waals surface area contributed by atoms with E-state index in [0.29, 0.717) is 6.04 Å². The van der Waals surface area contributed by atoms with Crippen LogP contribution in [0.4, 0.5) is 0 Å². The molecule has 0 aromatic heterocycles. The van der Waals surface area contributed by atoms with E-state index < -0.39 is 0 Å². The van der Waals surface area contributed by atoms with Crippen molar-refractivity contribution in [2.75, 3.05) is 26.2 Å². The van der Waals surface area contributed by atoms with Crippen LogP contribution in [0.2, 0.25) is 0 Å². The summed E-state index contributed by atoms with van der Waals surface area (Å²) in [5.74, 6) is 0. The minimum absolute atomic E-state index is 0.198. The van der Waals surface area contributed by atoms with E-state index in [-0.39, 0.29) is 17.7 Å². The van der Waals surface area contributed by atoms with Gasteiger partial charge in [0.25, 0.3) is 0 Å². The zero-order chi connectivity index (χ0) is 13.3. The van der Waals surface area contributed by atoms with E-state index in [1.54, 1.807) is 0 Å². The van der Waals surface area contributed by atoms with E-state index in [9.17, 15) is 5.11 Å². The molecule has 1 saturated heterocycles. The van der Waals surface area contributed by atoms with Gasteiger partial charge in [0.2, 0.25) is 0 Å². The number of piperazine rings is 1. The van der Waals surface area contributed by atoms with Crippen LogP contribution in [0.25, 0.3) is 0 Å². The maximum absolute atomic E-state index is 9.25. The molecule has 0 radical (unpaired) electrons. The van der Waals surface area contributed by atoms with Crippen molar-refractivity contribution in [3.8, 4) is 0 Å². The van der Waals surface area contributed by atoms with Crippen molar-refractivity contribution in [1.29, 1.82) is 0 Å². The molecule has 0 aliphatic carbocycles. The quantitative estimate of drug-likeness (QED) is 0.802. The Morgan fingerprint density at radius 3 is 2.00 bits per heavy atom. The standard InChI is InChI=1S/C14H30N2O/c1-13(2,3)15-8-9-16(14(4,5)6)12(11-15)7-10-17/h12,17H,7-11H2,1-6H3. The molecule has 1 unspecified atom stereocenters. The second-order valence-electron chi connectivity index (χ2n) is 7.15. The van der Waals surface area contributed by atoms with E-state index >= 15 is 0 Å². The summed E-state index contributed by atoms with van der Waals surface area (Å²) in [6, 6.07) is 0.480. The van der Waals surface area contributed by atoms with Crippen LogP contribution >= 0.6 is 0 Å². The van der Waals surface area contributed by atoms with Crippen LogP contribution in [-0.4, -0.2) is 58.3 Å².